The number of halogens is 2. The first-order chi connectivity index (χ1) is 9.52. The summed E-state index contributed by atoms with van der Waals surface area (Å²) in [6, 6.07) is 5.15. The zero-order valence-electron chi connectivity index (χ0n) is 10.9. The number of nitrogens with zero attached hydrogens (tertiary/aromatic N) is 1. The van der Waals surface area contributed by atoms with Crippen molar-refractivity contribution in [1.82, 2.24) is 4.37 Å². The molecule has 0 saturated carbocycles. The molecule has 106 valence electrons. The van der Waals surface area contributed by atoms with Crippen LogP contribution >= 0.6 is 34.7 Å². The minimum absolute atomic E-state index is 0.320. The Morgan fingerprint density at radius 3 is 2.80 bits per heavy atom. The van der Waals surface area contributed by atoms with Gasteiger partial charge in [0.1, 0.15) is 10.6 Å². The molecular weight excluding hydrogens is 319 g/mol. The van der Waals surface area contributed by atoms with Crippen LogP contribution in [0, 0.1) is 6.92 Å². The first-order valence-electron chi connectivity index (χ1n) is 5.88. The molecular formula is C13H12Cl2N2O2S. The number of nitrogens with one attached hydrogen (secondary N) is 1. The molecule has 0 amide bonds. The number of carbonyl (C=O) groups excluding carboxylic acids is 1. The third-order valence-electron chi connectivity index (χ3n) is 2.52. The summed E-state index contributed by atoms with van der Waals surface area (Å²) in [6.45, 7) is 3.85. The minimum atomic E-state index is -0.388. The van der Waals surface area contributed by atoms with E-state index in [4.69, 9.17) is 27.9 Å². The molecule has 1 aromatic carbocycles. The molecule has 0 bridgehead atoms. The van der Waals surface area contributed by atoms with Crippen molar-refractivity contribution in [2.45, 2.75) is 13.8 Å². The highest BCUT2D eigenvalue weighted by Gasteiger charge is 2.19. The Morgan fingerprint density at radius 2 is 2.15 bits per heavy atom. The van der Waals surface area contributed by atoms with Crippen LogP contribution in [-0.4, -0.2) is 16.9 Å². The lowest BCUT2D eigenvalue weighted by Gasteiger charge is -2.07. The molecule has 0 radical (unpaired) electrons. The van der Waals surface area contributed by atoms with Crippen molar-refractivity contribution in [3.05, 3.63) is 39.5 Å². The summed E-state index contributed by atoms with van der Waals surface area (Å²) in [5, 5.41) is 4.65. The van der Waals surface area contributed by atoms with Crippen LogP contribution in [0.3, 0.4) is 0 Å². The predicted octanol–water partition coefficient (Wildman–Crippen LogP) is 4.68. The first kappa shape index (κ1) is 15.1. The van der Waals surface area contributed by atoms with Gasteiger partial charge in [-0.1, -0.05) is 23.2 Å². The molecule has 1 N–H and O–H groups in total. The predicted molar refractivity (Wildman–Crippen MR) is 82.6 cm³/mol. The number of ether oxygens (including phenoxy) is 1. The summed E-state index contributed by atoms with van der Waals surface area (Å²) in [7, 11) is 0. The van der Waals surface area contributed by atoms with Crippen molar-refractivity contribution in [2.24, 2.45) is 0 Å². The van der Waals surface area contributed by atoms with E-state index in [1.54, 1.807) is 32.0 Å². The molecule has 0 spiro atoms. The van der Waals surface area contributed by atoms with Gasteiger partial charge < -0.3 is 10.1 Å². The van der Waals surface area contributed by atoms with Crippen LogP contribution in [0.5, 0.6) is 0 Å². The molecule has 0 aliphatic rings. The smallest absolute Gasteiger partial charge is 0.343 e. The number of aryl methyl sites for hydroxylation is 1. The van der Waals surface area contributed by atoms with Gasteiger partial charge in [-0.25, -0.2) is 4.79 Å². The van der Waals surface area contributed by atoms with Gasteiger partial charge in [-0.2, -0.15) is 4.37 Å². The Balaban J connectivity index is 2.29. The lowest BCUT2D eigenvalue weighted by molar-refractivity contribution is 0.0527. The summed E-state index contributed by atoms with van der Waals surface area (Å²) in [5.74, 6) is -0.388. The summed E-state index contributed by atoms with van der Waals surface area (Å²) in [4.78, 5) is 11.9. The van der Waals surface area contributed by atoms with Gasteiger partial charge >= 0.3 is 5.97 Å². The molecule has 1 heterocycles. The molecule has 2 aromatic rings. The number of hydrogen-bond acceptors (Lipinski definition) is 5. The standard InChI is InChI=1S/C13H12Cl2N2O2S/c1-3-19-13(18)11-7(2)17-20-12(11)16-8-4-5-9(14)10(15)6-8/h4-6,16H,3H2,1-2H3. The fraction of sp³-hybridized carbons (Fsp3) is 0.231. The van der Waals surface area contributed by atoms with E-state index in [0.29, 0.717) is 32.9 Å². The maximum Gasteiger partial charge on any atom is 0.343 e. The van der Waals surface area contributed by atoms with E-state index in [0.717, 1.165) is 5.69 Å². The molecule has 4 nitrogen and oxygen atoms in total. The highest BCUT2D eigenvalue weighted by atomic mass is 35.5. The van der Waals surface area contributed by atoms with Crippen LogP contribution in [0.2, 0.25) is 10.0 Å². The van der Waals surface area contributed by atoms with E-state index in [-0.39, 0.29) is 5.97 Å². The highest BCUT2D eigenvalue weighted by Crippen LogP contribution is 2.31. The fourth-order valence-electron chi connectivity index (χ4n) is 1.60. The van der Waals surface area contributed by atoms with Gasteiger partial charge in [-0.3, -0.25) is 0 Å². The average molecular weight is 331 g/mol. The Kier molecular flexibility index (Phi) is 4.86. The van der Waals surface area contributed by atoms with Gasteiger partial charge in [-0.15, -0.1) is 0 Å². The molecule has 0 atom stereocenters. The number of anilines is 2. The molecule has 7 heteroatoms. The maximum atomic E-state index is 11.9. The van der Waals surface area contributed by atoms with Gasteiger partial charge in [-0.05, 0) is 43.6 Å². The van der Waals surface area contributed by atoms with Crippen molar-refractivity contribution in [2.75, 3.05) is 11.9 Å². The molecule has 2 rings (SSSR count). The van der Waals surface area contributed by atoms with Crippen LogP contribution in [0.15, 0.2) is 18.2 Å². The van der Waals surface area contributed by atoms with Crippen molar-refractivity contribution in [3.8, 4) is 0 Å². The number of carbonyl (C=O) groups is 1. The lowest BCUT2D eigenvalue weighted by atomic mass is 10.2. The quantitative estimate of drug-likeness (QED) is 0.827. The van der Waals surface area contributed by atoms with E-state index in [1.165, 1.54) is 11.5 Å². The number of hydrogen-bond donors (Lipinski definition) is 1. The van der Waals surface area contributed by atoms with E-state index in [2.05, 4.69) is 9.69 Å². The fourth-order valence-corrected chi connectivity index (χ4v) is 2.71. The zero-order chi connectivity index (χ0) is 14.7. The monoisotopic (exact) mass is 330 g/mol. The van der Waals surface area contributed by atoms with Crippen LogP contribution in [0.4, 0.5) is 10.7 Å². The van der Waals surface area contributed by atoms with Crippen molar-refractivity contribution >= 4 is 51.4 Å². The second kappa shape index (κ2) is 6.43. The van der Waals surface area contributed by atoms with Crippen LogP contribution < -0.4 is 5.32 Å². The van der Waals surface area contributed by atoms with Gasteiger partial charge in [0.2, 0.25) is 0 Å². The van der Waals surface area contributed by atoms with E-state index < -0.39 is 0 Å². The third-order valence-corrected chi connectivity index (χ3v) is 4.11. The summed E-state index contributed by atoms with van der Waals surface area (Å²) in [6.07, 6.45) is 0. The molecule has 1 aromatic heterocycles. The minimum Gasteiger partial charge on any atom is -0.462 e. The van der Waals surface area contributed by atoms with Crippen LogP contribution in [0.25, 0.3) is 0 Å². The largest absolute Gasteiger partial charge is 0.462 e. The van der Waals surface area contributed by atoms with Gasteiger partial charge in [0.05, 0.1) is 22.3 Å². The highest BCUT2D eigenvalue weighted by molar-refractivity contribution is 7.10. The number of esters is 1. The molecule has 0 aliphatic carbocycles. The molecule has 0 saturated heterocycles. The zero-order valence-corrected chi connectivity index (χ0v) is 13.2. The molecule has 0 aliphatic heterocycles. The Hall–Kier alpha value is -1.30. The second-order valence-corrected chi connectivity index (χ2v) is 5.53. The number of benzene rings is 1. The van der Waals surface area contributed by atoms with Crippen LogP contribution in [0.1, 0.15) is 23.0 Å². The Morgan fingerprint density at radius 1 is 1.40 bits per heavy atom. The normalized spacial score (nSPS) is 10.4. The molecule has 0 fully saturated rings. The van der Waals surface area contributed by atoms with Crippen molar-refractivity contribution in [3.63, 3.8) is 0 Å². The Bertz CT molecular complexity index is 643. The van der Waals surface area contributed by atoms with E-state index >= 15 is 0 Å². The van der Waals surface area contributed by atoms with Crippen LogP contribution in [-0.2, 0) is 4.74 Å². The Labute approximate surface area is 130 Å². The number of rotatable bonds is 4. The van der Waals surface area contributed by atoms with Crippen molar-refractivity contribution in [1.29, 1.82) is 0 Å². The van der Waals surface area contributed by atoms with Crippen molar-refractivity contribution < 1.29 is 9.53 Å². The molecule has 20 heavy (non-hydrogen) atoms. The second-order valence-electron chi connectivity index (χ2n) is 3.95. The van der Waals surface area contributed by atoms with Gasteiger partial charge in [0.15, 0.2) is 0 Å². The SMILES string of the molecule is CCOC(=O)c1c(C)nsc1Nc1ccc(Cl)c(Cl)c1. The third kappa shape index (κ3) is 3.23. The van der Waals surface area contributed by atoms with E-state index in [1.807, 2.05) is 0 Å². The molecule has 0 unspecified atom stereocenters. The summed E-state index contributed by atoms with van der Waals surface area (Å²) < 4.78 is 9.20. The number of aromatic nitrogens is 1. The average Bonchev–Trinajstić information content (AvgIpc) is 2.75. The van der Waals surface area contributed by atoms with Gasteiger partial charge in [0, 0.05) is 5.69 Å². The van der Waals surface area contributed by atoms with E-state index in [9.17, 15) is 4.79 Å². The van der Waals surface area contributed by atoms with Gasteiger partial charge in [0.25, 0.3) is 0 Å². The summed E-state index contributed by atoms with van der Waals surface area (Å²) >= 11 is 13.0. The maximum absolute atomic E-state index is 11.9. The topological polar surface area (TPSA) is 51.2 Å². The first-order valence-corrected chi connectivity index (χ1v) is 7.41. The summed E-state index contributed by atoms with van der Waals surface area (Å²) in [5.41, 5.74) is 1.81. The lowest BCUT2D eigenvalue weighted by Crippen LogP contribution is -2.07.